The SMILES string of the molecule is Cc1cccc(NC2CC(NC(=O)OCc3ccccc3)C2)c1C#N. The lowest BCUT2D eigenvalue weighted by Crippen LogP contribution is -2.49. The molecule has 0 radical (unpaired) electrons. The van der Waals surface area contributed by atoms with Crippen molar-refractivity contribution in [2.45, 2.75) is 38.5 Å². The summed E-state index contributed by atoms with van der Waals surface area (Å²) in [6.45, 7) is 2.20. The van der Waals surface area contributed by atoms with Gasteiger partial charge in [-0.2, -0.15) is 5.26 Å². The van der Waals surface area contributed by atoms with Gasteiger partial charge in [-0.3, -0.25) is 0 Å². The Labute approximate surface area is 147 Å². The third-order valence-electron chi connectivity index (χ3n) is 4.42. The Balaban J connectivity index is 1.42. The molecule has 1 aliphatic rings. The molecule has 1 saturated carbocycles. The summed E-state index contributed by atoms with van der Waals surface area (Å²) in [5, 5.41) is 15.5. The molecule has 1 amide bonds. The number of benzene rings is 2. The van der Waals surface area contributed by atoms with E-state index >= 15 is 0 Å². The Morgan fingerprint density at radius 3 is 2.64 bits per heavy atom. The van der Waals surface area contributed by atoms with Gasteiger partial charge in [0, 0.05) is 12.1 Å². The minimum atomic E-state index is -0.388. The molecule has 2 N–H and O–H groups in total. The van der Waals surface area contributed by atoms with Crippen molar-refractivity contribution in [1.29, 1.82) is 5.26 Å². The highest BCUT2D eigenvalue weighted by Gasteiger charge is 2.31. The van der Waals surface area contributed by atoms with Crippen LogP contribution in [0.25, 0.3) is 0 Å². The topological polar surface area (TPSA) is 74.2 Å². The van der Waals surface area contributed by atoms with Crippen LogP contribution in [0.5, 0.6) is 0 Å². The van der Waals surface area contributed by atoms with Crippen molar-refractivity contribution in [2.75, 3.05) is 5.32 Å². The molecular formula is C20H21N3O2. The van der Waals surface area contributed by atoms with Crippen LogP contribution < -0.4 is 10.6 Å². The summed E-state index contributed by atoms with van der Waals surface area (Å²) in [5.74, 6) is 0. The first kappa shape index (κ1) is 16.8. The summed E-state index contributed by atoms with van der Waals surface area (Å²) >= 11 is 0. The van der Waals surface area contributed by atoms with E-state index < -0.39 is 0 Å². The van der Waals surface area contributed by atoms with Crippen LogP contribution in [0.15, 0.2) is 48.5 Å². The summed E-state index contributed by atoms with van der Waals surface area (Å²) in [6, 6.07) is 18.0. The van der Waals surface area contributed by atoms with Crippen molar-refractivity contribution in [3.05, 3.63) is 65.2 Å². The summed E-state index contributed by atoms with van der Waals surface area (Å²) in [6.07, 6.45) is 1.25. The van der Waals surface area contributed by atoms with Gasteiger partial charge in [-0.15, -0.1) is 0 Å². The first-order valence-corrected chi connectivity index (χ1v) is 8.39. The van der Waals surface area contributed by atoms with Gasteiger partial charge in [0.1, 0.15) is 12.7 Å². The molecule has 128 valence electrons. The summed E-state index contributed by atoms with van der Waals surface area (Å²) < 4.78 is 5.23. The molecule has 0 aliphatic heterocycles. The zero-order valence-electron chi connectivity index (χ0n) is 14.2. The van der Waals surface area contributed by atoms with Gasteiger partial charge in [0.15, 0.2) is 0 Å². The standard InChI is InChI=1S/C20H21N3O2/c1-14-6-5-9-19(18(14)12-21)22-16-10-17(11-16)23-20(24)25-13-15-7-3-2-4-8-15/h2-9,16-17,22H,10-11,13H2,1H3,(H,23,24). The number of rotatable bonds is 5. The lowest BCUT2D eigenvalue weighted by molar-refractivity contribution is 0.129. The summed E-state index contributed by atoms with van der Waals surface area (Å²) in [4.78, 5) is 11.8. The fourth-order valence-corrected chi connectivity index (χ4v) is 2.94. The Bertz CT molecular complexity index is 777. The monoisotopic (exact) mass is 335 g/mol. The van der Waals surface area contributed by atoms with E-state index in [1.807, 2.05) is 55.5 Å². The van der Waals surface area contributed by atoms with E-state index in [0.29, 0.717) is 5.56 Å². The normalized spacial score (nSPS) is 18.6. The van der Waals surface area contributed by atoms with Gasteiger partial charge in [-0.05, 0) is 37.0 Å². The molecule has 3 rings (SSSR count). The fourth-order valence-electron chi connectivity index (χ4n) is 2.94. The first-order valence-electron chi connectivity index (χ1n) is 8.39. The summed E-state index contributed by atoms with van der Waals surface area (Å²) in [5.41, 5.74) is 3.47. The Morgan fingerprint density at radius 2 is 1.92 bits per heavy atom. The number of carbonyl (C=O) groups excluding carboxylic acids is 1. The molecule has 0 unspecified atom stereocenters. The third-order valence-corrected chi connectivity index (χ3v) is 4.42. The van der Waals surface area contributed by atoms with Crippen LogP contribution >= 0.6 is 0 Å². The molecule has 0 saturated heterocycles. The lowest BCUT2D eigenvalue weighted by atomic mass is 9.86. The molecule has 2 aromatic rings. The smallest absolute Gasteiger partial charge is 0.407 e. The Morgan fingerprint density at radius 1 is 1.16 bits per heavy atom. The second-order valence-electron chi connectivity index (χ2n) is 6.32. The minimum absolute atomic E-state index is 0.108. The molecule has 2 aromatic carbocycles. The van der Waals surface area contributed by atoms with Crippen molar-refractivity contribution in [1.82, 2.24) is 5.32 Å². The zero-order valence-corrected chi connectivity index (χ0v) is 14.2. The van der Waals surface area contributed by atoms with Crippen molar-refractivity contribution in [3.63, 3.8) is 0 Å². The van der Waals surface area contributed by atoms with Gasteiger partial charge in [0.05, 0.1) is 11.3 Å². The number of nitriles is 1. The number of nitrogens with zero attached hydrogens (tertiary/aromatic N) is 1. The molecule has 5 nitrogen and oxygen atoms in total. The molecule has 0 spiro atoms. The van der Waals surface area contributed by atoms with Crippen LogP contribution in [-0.4, -0.2) is 18.2 Å². The average Bonchev–Trinajstić information content (AvgIpc) is 2.59. The number of aryl methyl sites for hydroxylation is 1. The van der Waals surface area contributed by atoms with Crippen LogP contribution in [0, 0.1) is 18.3 Å². The second kappa shape index (κ2) is 7.71. The van der Waals surface area contributed by atoms with Crippen LogP contribution in [0.1, 0.15) is 29.5 Å². The number of ether oxygens (including phenoxy) is 1. The minimum Gasteiger partial charge on any atom is -0.445 e. The van der Waals surface area contributed by atoms with Gasteiger partial charge in [-0.1, -0.05) is 42.5 Å². The van der Waals surface area contributed by atoms with E-state index in [1.165, 1.54) is 0 Å². The van der Waals surface area contributed by atoms with Crippen molar-refractivity contribution >= 4 is 11.8 Å². The van der Waals surface area contributed by atoms with E-state index in [1.54, 1.807) is 0 Å². The number of anilines is 1. The lowest BCUT2D eigenvalue weighted by Gasteiger charge is -2.36. The maximum absolute atomic E-state index is 11.8. The largest absolute Gasteiger partial charge is 0.445 e. The average molecular weight is 335 g/mol. The van der Waals surface area contributed by atoms with Crippen molar-refractivity contribution < 1.29 is 9.53 Å². The fraction of sp³-hybridized carbons (Fsp3) is 0.300. The molecule has 0 heterocycles. The number of hydrogen-bond acceptors (Lipinski definition) is 4. The van der Waals surface area contributed by atoms with Crippen molar-refractivity contribution in [2.24, 2.45) is 0 Å². The van der Waals surface area contributed by atoms with E-state index in [-0.39, 0.29) is 24.8 Å². The molecule has 1 aliphatic carbocycles. The Kier molecular flexibility index (Phi) is 5.20. The molecule has 25 heavy (non-hydrogen) atoms. The van der Waals surface area contributed by atoms with Crippen molar-refractivity contribution in [3.8, 4) is 6.07 Å². The molecule has 0 bridgehead atoms. The van der Waals surface area contributed by atoms with Gasteiger partial charge in [-0.25, -0.2) is 4.79 Å². The number of carbonyl (C=O) groups is 1. The molecule has 0 atom stereocenters. The van der Waals surface area contributed by atoms with Crippen LogP contribution in [-0.2, 0) is 11.3 Å². The van der Waals surface area contributed by atoms with E-state index in [2.05, 4.69) is 16.7 Å². The van der Waals surface area contributed by atoms with Crippen LogP contribution in [0.4, 0.5) is 10.5 Å². The van der Waals surface area contributed by atoms with E-state index in [0.717, 1.165) is 29.7 Å². The number of hydrogen-bond donors (Lipinski definition) is 2. The van der Waals surface area contributed by atoms with Crippen LogP contribution in [0.3, 0.4) is 0 Å². The highest BCUT2D eigenvalue weighted by atomic mass is 16.5. The predicted octanol–water partition coefficient (Wildman–Crippen LogP) is 3.74. The Hall–Kier alpha value is -3.00. The van der Waals surface area contributed by atoms with Gasteiger partial charge >= 0.3 is 6.09 Å². The molecule has 1 fully saturated rings. The van der Waals surface area contributed by atoms with Gasteiger partial charge < -0.3 is 15.4 Å². The van der Waals surface area contributed by atoms with Gasteiger partial charge in [0.25, 0.3) is 0 Å². The third kappa shape index (κ3) is 4.30. The molecule has 0 aromatic heterocycles. The maximum Gasteiger partial charge on any atom is 0.407 e. The number of alkyl carbamates (subject to hydrolysis) is 1. The molecular weight excluding hydrogens is 314 g/mol. The first-order chi connectivity index (χ1) is 12.2. The van der Waals surface area contributed by atoms with E-state index in [9.17, 15) is 10.1 Å². The van der Waals surface area contributed by atoms with Gasteiger partial charge in [0.2, 0.25) is 0 Å². The molecule has 5 heteroatoms. The summed E-state index contributed by atoms with van der Waals surface area (Å²) in [7, 11) is 0. The highest BCUT2D eigenvalue weighted by molar-refractivity contribution is 5.68. The maximum atomic E-state index is 11.8. The predicted molar refractivity (Wildman–Crippen MR) is 96.1 cm³/mol. The van der Waals surface area contributed by atoms with Crippen LogP contribution in [0.2, 0.25) is 0 Å². The number of amides is 1. The quantitative estimate of drug-likeness (QED) is 0.873. The second-order valence-corrected chi connectivity index (χ2v) is 6.32. The van der Waals surface area contributed by atoms with E-state index in [4.69, 9.17) is 4.74 Å². The highest BCUT2D eigenvalue weighted by Crippen LogP contribution is 2.27. The number of nitrogens with one attached hydrogen (secondary N) is 2. The zero-order chi connectivity index (χ0) is 17.6.